The molecule has 1 aromatic carbocycles. The van der Waals surface area contributed by atoms with E-state index >= 15 is 0 Å². The lowest BCUT2D eigenvalue weighted by molar-refractivity contribution is 0.0638. The van der Waals surface area contributed by atoms with Gasteiger partial charge in [0, 0.05) is 13.0 Å². The minimum atomic E-state index is 0.189. The van der Waals surface area contributed by atoms with E-state index in [-0.39, 0.29) is 6.10 Å². The Morgan fingerprint density at radius 3 is 2.06 bits per heavy atom. The van der Waals surface area contributed by atoms with Crippen LogP contribution in [0.15, 0.2) is 30.3 Å². The summed E-state index contributed by atoms with van der Waals surface area (Å²) in [6.07, 6.45) is 0.189. The highest BCUT2D eigenvalue weighted by molar-refractivity contribution is 8.17. The van der Waals surface area contributed by atoms with Crippen LogP contribution in [0.25, 0.3) is 0 Å². The van der Waals surface area contributed by atoms with E-state index in [1.54, 1.807) is 0 Å². The van der Waals surface area contributed by atoms with E-state index in [1.807, 2.05) is 30.6 Å². The van der Waals surface area contributed by atoms with Gasteiger partial charge in [-0.1, -0.05) is 51.1 Å². The Kier molecular flexibility index (Phi) is 7.87. The van der Waals surface area contributed by atoms with E-state index in [0.29, 0.717) is 10.5 Å². The Bertz CT molecular complexity index is 310. The van der Waals surface area contributed by atoms with Crippen molar-refractivity contribution in [1.82, 2.24) is 0 Å². The maximum absolute atomic E-state index is 5.75. The van der Waals surface area contributed by atoms with Crippen molar-refractivity contribution in [1.29, 1.82) is 0 Å². The van der Waals surface area contributed by atoms with Gasteiger partial charge in [-0.05, 0) is 17.1 Å². The maximum Gasteiger partial charge on any atom is 0.0865 e. The van der Waals surface area contributed by atoms with E-state index < -0.39 is 0 Å². The molecule has 0 unspecified atom stereocenters. The molecular weight excluding hydrogens is 260 g/mol. The number of methoxy groups -OCH3 is 1. The first-order valence-electron chi connectivity index (χ1n) is 6.55. The lowest BCUT2D eigenvalue weighted by atomic mass is 9.99. The van der Waals surface area contributed by atoms with Gasteiger partial charge in [-0.3, -0.25) is 0 Å². The van der Waals surface area contributed by atoms with Crippen LogP contribution in [0.1, 0.15) is 32.4 Å². The number of ether oxygens (including phenoxy) is 1. The molecule has 0 saturated heterocycles. The molecule has 0 heterocycles. The predicted molar refractivity (Wildman–Crippen MR) is 85.4 cm³/mol. The zero-order valence-corrected chi connectivity index (χ0v) is 13.4. The summed E-state index contributed by atoms with van der Waals surface area (Å²) in [7, 11) is 1.82. The standard InChI is InChI=1S/C15H24OS2/c1-5-17-15(18-6-2)12(3)14(16-4)13-10-8-7-9-11-13/h7-12,14-15H,5-6H2,1-4H3/t12-,14+/m1/s1. The molecule has 0 aliphatic carbocycles. The Hall–Kier alpha value is -0.120. The van der Waals surface area contributed by atoms with Crippen LogP contribution >= 0.6 is 23.5 Å². The molecule has 0 amide bonds. The van der Waals surface area contributed by atoms with E-state index in [1.165, 1.54) is 5.56 Å². The number of rotatable bonds is 8. The predicted octanol–water partition coefficient (Wildman–Crippen LogP) is 4.84. The number of hydrogen-bond acceptors (Lipinski definition) is 3. The molecule has 2 atom stereocenters. The lowest BCUT2D eigenvalue weighted by Gasteiger charge is -2.29. The molecule has 0 aliphatic rings. The highest BCUT2D eigenvalue weighted by Gasteiger charge is 2.26. The molecular formula is C15H24OS2. The maximum atomic E-state index is 5.75. The van der Waals surface area contributed by atoms with Crippen LogP contribution in [-0.4, -0.2) is 23.2 Å². The van der Waals surface area contributed by atoms with E-state index in [2.05, 4.69) is 51.1 Å². The van der Waals surface area contributed by atoms with Crippen molar-refractivity contribution in [2.24, 2.45) is 5.92 Å². The fourth-order valence-corrected chi connectivity index (χ4v) is 4.87. The average molecular weight is 284 g/mol. The zero-order valence-electron chi connectivity index (χ0n) is 11.8. The Morgan fingerprint density at radius 2 is 1.61 bits per heavy atom. The van der Waals surface area contributed by atoms with Crippen molar-refractivity contribution in [3.05, 3.63) is 35.9 Å². The molecule has 0 fully saturated rings. The molecule has 0 aromatic heterocycles. The largest absolute Gasteiger partial charge is 0.376 e. The summed E-state index contributed by atoms with van der Waals surface area (Å²) in [4.78, 5) is 0. The van der Waals surface area contributed by atoms with Crippen molar-refractivity contribution in [3.8, 4) is 0 Å². The van der Waals surface area contributed by atoms with E-state index in [4.69, 9.17) is 4.74 Å². The second-order valence-corrected chi connectivity index (χ2v) is 7.34. The van der Waals surface area contributed by atoms with Gasteiger partial charge >= 0.3 is 0 Å². The molecule has 0 N–H and O–H groups in total. The molecule has 0 spiro atoms. The second-order valence-electron chi connectivity index (χ2n) is 4.21. The van der Waals surface area contributed by atoms with Crippen LogP contribution in [0.5, 0.6) is 0 Å². The third-order valence-electron chi connectivity index (χ3n) is 2.95. The van der Waals surface area contributed by atoms with E-state index in [9.17, 15) is 0 Å². The quantitative estimate of drug-likeness (QED) is 0.632. The summed E-state index contributed by atoms with van der Waals surface area (Å²) in [6, 6.07) is 10.6. The summed E-state index contributed by atoms with van der Waals surface area (Å²) in [5, 5.41) is 0. The van der Waals surface area contributed by atoms with Gasteiger partial charge in [0.2, 0.25) is 0 Å². The van der Waals surface area contributed by atoms with Gasteiger partial charge in [0.1, 0.15) is 0 Å². The molecule has 1 aromatic rings. The van der Waals surface area contributed by atoms with Crippen LogP contribution in [0, 0.1) is 5.92 Å². The Morgan fingerprint density at radius 1 is 1.06 bits per heavy atom. The minimum absolute atomic E-state index is 0.189. The number of hydrogen-bond donors (Lipinski definition) is 0. The minimum Gasteiger partial charge on any atom is -0.376 e. The normalized spacial score (nSPS) is 14.7. The van der Waals surface area contributed by atoms with Crippen LogP contribution in [0.2, 0.25) is 0 Å². The van der Waals surface area contributed by atoms with Crippen LogP contribution in [0.4, 0.5) is 0 Å². The molecule has 1 nitrogen and oxygen atoms in total. The van der Waals surface area contributed by atoms with Crippen molar-refractivity contribution in [2.45, 2.75) is 31.5 Å². The number of benzene rings is 1. The first kappa shape index (κ1) is 15.9. The highest BCUT2D eigenvalue weighted by atomic mass is 32.2. The monoisotopic (exact) mass is 284 g/mol. The molecule has 1 rings (SSSR count). The topological polar surface area (TPSA) is 9.23 Å². The van der Waals surface area contributed by atoms with Gasteiger partial charge in [0.25, 0.3) is 0 Å². The van der Waals surface area contributed by atoms with Gasteiger partial charge in [-0.15, -0.1) is 23.5 Å². The molecule has 3 heteroatoms. The second kappa shape index (κ2) is 8.89. The summed E-state index contributed by atoms with van der Waals surface area (Å²) < 4.78 is 6.35. The first-order chi connectivity index (χ1) is 8.74. The average Bonchev–Trinajstić information content (AvgIpc) is 2.40. The Labute approximate surface area is 120 Å². The van der Waals surface area contributed by atoms with E-state index in [0.717, 1.165) is 11.5 Å². The van der Waals surface area contributed by atoms with Gasteiger partial charge in [0.15, 0.2) is 0 Å². The highest BCUT2D eigenvalue weighted by Crippen LogP contribution is 2.38. The van der Waals surface area contributed by atoms with Crippen LogP contribution in [-0.2, 0) is 4.74 Å². The molecule has 102 valence electrons. The Balaban J connectivity index is 2.79. The molecule has 0 aliphatic heterocycles. The molecule has 18 heavy (non-hydrogen) atoms. The SMILES string of the molecule is CCSC(SCC)[C@H](C)[C@H](OC)c1ccccc1. The van der Waals surface area contributed by atoms with Crippen molar-refractivity contribution < 1.29 is 4.74 Å². The number of thioether (sulfide) groups is 2. The molecule has 0 bridgehead atoms. The van der Waals surface area contributed by atoms with Crippen LogP contribution in [0.3, 0.4) is 0 Å². The lowest BCUT2D eigenvalue weighted by Crippen LogP contribution is -2.21. The third kappa shape index (κ3) is 4.52. The summed E-state index contributed by atoms with van der Waals surface area (Å²) in [6.45, 7) is 6.76. The fraction of sp³-hybridized carbons (Fsp3) is 0.600. The van der Waals surface area contributed by atoms with Gasteiger partial charge < -0.3 is 4.74 Å². The van der Waals surface area contributed by atoms with Crippen molar-refractivity contribution in [2.75, 3.05) is 18.6 Å². The van der Waals surface area contributed by atoms with Crippen molar-refractivity contribution in [3.63, 3.8) is 0 Å². The molecule has 0 radical (unpaired) electrons. The van der Waals surface area contributed by atoms with Gasteiger partial charge in [-0.2, -0.15) is 0 Å². The zero-order chi connectivity index (χ0) is 13.4. The summed E-state index contributed by atoms with van der Waals surface area (Å²) >= 11 is 4.06. The fourth-order valence-electron chi connectivity index (χ4n) is 2.12. The van der Waals surface area contributed by atoms with Crippen molar-refractivity contribution >= 4 is 23.5 Å². The van der Waals surface area contributed by atoms with Crippen LogP contribution < -0.4 is 0 Å². The smallest absolute Gasteiger partial charge is 0.0865 e. The van der Waals surface area contributed by atoms with Gasteiger partial charge in [0.05, 0.1) is 10.7 Å². The first-order valence-corrected chi connectivity index (χ1v) is 8.65. The third-order valence-corrected chi connectivity index (χ3v) is 5.95. The summed E-state index contributed by atoms with van der Waals surface area (Å²) in [5.41, 5.74) is 1.28. The molecule has 0 saturated carbocycles. The summed E-state index contributed by atoms with van der Waals surface area (Å²) in [5.74, 6) is 2.83. The van der Waals surface area contributed by atoms with Gasteiger partial charge in [-0.25, -0.2) is 0 Å².